The van der Waals surface area contributed by atoms with Gasteiger partial charge in [0.05, 0.1) is 18.7 Å². The summed E-state index contributed by atoms with van der Waals surface area (Å²) in [5, 5.41) is 13.9. The summed E-state index contributed by atoms with van der Waals surface area (Å²) in [5.74, 6) is 0.889. The van der Waals surface area contributed by atoms with E-state index in [0.717, 1.165) is 22.0 Å². The van der Waals surface area contributed by atoms with E-state index in [1.165, 1.54) is 7.11 Å². The molecule has 11 heteroatoms. The zero-order valence-corrected chi connectivity index (χ0v) is 23.8. The highest BCUT2D eigenvalue weighted by atomic mass is 16.5. The molecule has 0 unspecified atom stereocenters. The number of ether oxygens (including phenoxy) is 3. The van der Waals surface area contributed by atoms with Crippen LogP contribution in [0.4, 0.5) is 0 Å². The maximum Gasteiger partial charge on any atom is 0.275 e. The molecular formula is C32H33N5O6. The number of para-hydroxylation sites is 1. The molecule has 2 atom stereocenters. The minimum absolute atomic E-state index is 0.0577. The van der Waals surface area contributed by atoms with Gasteiger partial charge in [-0.1, -0.05) is 36.4 Å². The van der Waals surface area contributed by atoms with E-state index in [0.29, 0.717) is 55.3 Å². The Morgan fingerprint density at radius 3 is 2.65 bits per heavy atom. The molecule has 6 heterocycles. The van der Waals surface area contributed by atoms with E-state index in [9.17, 15) is 14.4 Å². The van der Waals surface area contributed by atoms with E-state index in [4.69, 9.17) is 14.2 Å². The number of amides is 3. The zero-order chi connectivity index (χ0) is 29.8. The number of fused-ring (bicyclic) bond motifs is 1. The summed E-state index contributed by atoms with van der Waals surface area (Å²) >= 11 is 0. The fraction of sp³-hybridized carbons (Fsp3) is 0.312. The van der Waals surface area contributed by atoms with Crippen LogP contribution in [0.1, 0.15) is 34.5 Å². The van der Waals surface area contributed by atoms with E-state index in [2.05, 4.69) is 20.8 Å². The van der Waals surface area contributed by atoms with Gasteiger partial charge in [0, 0.05) is 37.9 Å². The number of benzene rings is 3. The molecule has 222 valence electrons. The lowest BCUT2D eigenvalue weighted by Crippen LogP contribution is -2.58. The lowest BCUT2D eigenvalue weighted by molar-refractivity contribution is -0.125. The Hall–Kier alpha value is -5.06. The number of H-pyrrole nitrogens is 1. The third kappa shape index (κ3) is 6.40. The third-order valence-corrected chi connectivity index (χ3v) is 7.78. The normalized spacial score (nSPS) is 19.5. The fourth-order valence-corrected chi connectivity index (χ4v) is 5.46. The molecule has 5 aliphatic rings. The Morgan fingerprint density at radius 2 is 1.81 bits per heavy atom. The minimum Gasteiger partial charge on any atom is -0.493 e. The van der Waals surface area contributed by atoms with Crippen molar-refractivity contribution in [1.82, 2.24) is 25.7 Å². The average molecular weight is 584 g/mol. The first kappa shape index (κ1) is 28.1. The Morgan fingerprint density at radius 1 is 1.00 bits per heavy atom. The molecule has 0 saturated carbocycles. The van der Waals surface area contributed by atoms with Crippen molar-refractivity contribution in [2.75, 3.05) is 26.8 Å². The van der Waals surface area contributed by atoms with Crippen LogP contribution in [0.5, 0.6) is 17.2 Å². The van der Waals surface area contributed by atoms with Gasteiger partial charge in [0.25, 0.3) is 11.8 Å². The second kappa shape index (κ2) is 12.4. The van der Waals surface area contributed by atoms with Crippen LogP contribution in [0.3, 0.4) is 0 Å². The summed E-state index contributed by atoms with van der Waals surface area (Å²) in [6, 6.07) is 19.9. The smallest absolute Gasteiger partial charge is 0.275 e. The lowest BCUT2D eigenvalue weighted by atomic mass is 10.0. The van der Waals surface area contributed by atoms with Gasteiger partial charge in [-0.25, -0.2) is 0 Å². The number of carbonyl (C=O) groups excluding carboxylic acids is 3. The maximum absolute atomic E-state index is 13.6. The van der Waals surface area contributed by atoms with Gasteiger partial charge in [-0.2, -0.15) is 5.10 Å². The van der Waals surface area contributed by atoms with E-state index in [1.54, 1.807) is 11.0 Å². The molecule has 1 fully saturated rings. The van der Waals surface area contributed by atoms with Gasteiger partial charge < -0.3 is 29.7 Å². The minimum atomic E-state index is -0.507. The fourth-order valence-electron chi connectivity index (χ4n) is 5.46. The average Bonchev–Trinajstić information content (AvgIpc) is 3.47. The second-order valence-corrected chi connectivity index (χ2v) is 10.7. The molecule has 3 aromatic carbocycles. The third-order valence-electron chi connectivity index (χ3n) is 7.78. The van der Waals surface area contributed by atoms with Crippen molar-refractivity contribution in [3.05, 3.63) is 83.6 Å². The molecule has 9 rings (SSSR count). The molecule has 1 saturated heterocycles. The number of likely N-dealkylation sites (tertiary alicyclic amines) is 1. The van der Waals surface area contributed by atoms with Crippen LogP contribution in [0.25, 0.3) is 10.9 Å². The number of piperidine rings is 1. The standard InChI is InChI=1S/C32H33N5O6/c1-41-28-16-20-8-12-27(28)42-19-30(39)34-25-18-37(32(40)31-23-4-2-3-5-24(23)35-36-31)15-14-26(25)43-22-10-6-21(7-11-22)17-33-29(38)13-9-20/h2-8,10-12,16,25-26H,9,13-15,17-19H2,1H3,(H,33,38)(H,34,39)(H,35,36)/t25-,26-/m1/s1. The van der Waals surface area contributed by atoms with Crippen molar-refractivity contribution in [2.24, 2.45) is 0 Å². The number of hydrogen-bond acceptors (Lipinski definition) is 7. The van der Waals surface area contributed by atoms with E-state index in [1.807, 2.05) is 60.7 Å². The number of hydrogen-bond donors (Lipinski definition) is 3. The van der Waals surface area contributed by atoms with Crippen LogP contribution >= 0.6 is 0 Å². The molecule has 3 amide bonds. The van der Waals surface area contributed by atoms with E-state index in [-0.39, 0.29) is 30.9 Å². The molecule has 43 heavy (non-hydrogen) atoms. The molecule has 5 aliphatic heterocycles. The summed E-state index contributed by atoms with van der Waals surface area (Å²) in [5.41, 5.74) is 2.98. The highest BCUT2D eigenvalue weighted by Gasteiger charge is 2.35. The van der Waals surface area contributed by atoms with Gasteiger partial charge in [-0.05, 0) is 47.9 Å². The Kier molecular flexibility index (Phi) is 8.12. The van der Waals surface area contributed by atoms with Crippen LogP contribution in [-0.4, -0.2) is 71.8 Å². The van der Waals surface area contributed by atoms with Gasteiger partial charge in [0.15, 0.2) is 23.8 Å². The first-order valence-electron chi connectivity index (χ1n) is 14.3. The van der Waals surface area contributed by atoms with E-state index >= 15 is 0 Å². The van der Waals surface area contributed by atoms with Crippen molar-refractivity contribution >= 4 is 28.6 Å². The predicted octanol–water partition coefficient (Wildman–Crippen LogP) is 2.99. The highest BCUT2D eigenvalue weighted by Crippen LogP contribution is 2.29. The van der Waals surface area contributed by atoms with Crippen molar-refractivity contribution < 1.29 is 28.6 Å². The number of nitrogens with zero attached hydrogens (tertiary/aromatic N) is 2. The van der Waals surface area contributed by atoms with Gasteiger partial charge >= 0.3 is 0 Å². The number of nitrogens with one attached hydrogen (secondary N) is 3. The summed E-state index contributed by atoms with van der Waals surface area (Å²) in [6.07, 6.45) is 0.954. The molecule has 4 bridgehead atoms. The Bertz CT molecular complexity index is 1640. The monoisotopic (exact) mass is 583 g/mol. The molecule has 1 aromatic heterocycles. The number of rotatable bonds is 2. The van der Waals surface area contributed by atoms with Crippen LogP contribution in [0, 0.1) is 0 Å². The lowest BCUT2D eigenvalue weighted by Gasteiger charge is -2.38. The Balaban J connectivity index is 1.24. The number of carbonyl (C=O) groups is 3. The Labute approximate surface area is 248 Å². The van der Waals surface area contributed by atoms with Gasteiger partial charge in [-0.3, -0.25) is 19.5 Å². The summed E-state index contributed by atoms with van der Waals surface area (Å²) in [7, 11) is 1.53. The van der Waals surface area contributed by atoms with Crippen molar-refractivity contribution in [3.63, 3.8) is 0 Å². The molecule has 11 nitrogen and oxygen atoms in total. The first-order valence-corrected chi connectivity index (χ1v) is 14.3. The molecule has 3 N–H and O–H groups in total. The van der Waals surface area contributed by atoms with Crippen LogP contribution in [0.15, 0.2) is 66.7 Å². The van der Waals surface area contributed by atoms with Crippen LogP contribution < -0.4 is 24.8 Å². The number of aryl methyl sites for hydroxylation is 1. The van der Waals surface area contributed by atoms with Crippen molar-refractivity contribution in [1.29, 1.82) is 0 Å². The predicted molar refractivity (Wildman–Crippen MR) is 158 cm³/mol. The van der Waals surface area contributed by atoms with Gasteiger partial charge in [0.1, 0.15) is 11.9 Å². The zero-order valence-electron chi connectivity index (χ0n) is 23.8. The maximum atomic E-state index is 13.6. The first-order chi connectivity index (χ1) is 21.0. The van der Waals surface area contributed by atoms with Gasteiger partial charge in [-0.15, -0.1) is 0 Å². The SMILES string of the molecule is COc1cc2ccc1OCC(=O)N[C@@H]1CN(C(=O)c3n[nH]c4ccccc34)CC[C@H]1Oc1ccc(cc1)CNC(=O)CC2. The van der Waals surface area contributed by atoms with E-state index < -0.39 is 12.1 Å². The van der Waals surface area contributed by atoms with Crippen molar-refractivity contribution in [3.8, 4) is 17.2 Å². The number of aromatic nitrogens is 2. The van der Waals surface area contributed by atoms with Crippen LogP contribution in [0.2, 0.25) is 0 Å². The highest BCUT2D eigenvalue weighted by molar-refractivity contribution is 6.04. The molecule has 0 aliphatic carbocycles. The van der Waals surface area contributed by atoms with Gasteiger partial charge in [0.2, 0.25) is 5.91 Å². The largest absolute Gasteiger partial charge is 0.493 e. The number of aromatic amines is 1. The summed E-state index contributed by atoms with van der Waals surface area (Å²) in [6.45, 7) is 0.810. The molecule has 0 spiro atoms. The summed E-state index contributed by atoms with van der Waals surface area (Å²) < 4.78 is 17.7. The topological polar surface area (TPSA) is 135 Å². The quantitative estimate of drug-likeness (QED) is 0.330. The van der Waals surface area contributed by atoms with Crippen molar-refractivity contribution in [2.45, 2.75) is 38.0 Å². The molecule has 4 aromatic rings. The molecular weight excluding hydrogens is 550 g/mol. The van der Waals surface area contributed by atoms with Crippen LogP contribution in [-0.2, 0) is 22.6 Å². The second-order valence-electron chi connectivity index (χ2n) is 10.7. The summed E-state index contributed by atoms with van der Waals surface area (Å²) in [4.78, 5) is 40.9. The number of methoxy groups -OCH3 is 1. The molecule has 0 radical (unpaired) electrons.